The number of aryl methyl sites for hydroxylation is 1. The van der Waals surface area contributed by atoms with Crippen LogP contribution in [0.1, 0.15) is 17.1 Å². The summed E-state index contributed by atoms with van der Waals surface area (Å²) in [4.78, 5) is 27.1. The maximum Gasteiger partial charge on any atom is 0.262 e. The van der Waals surface area contributed by atoms with Crippen LogP contribution in [0.3, 0.4) is 0 Å². The van der Waals surface area contributed by atoms with Crippen LogP contribution in [0.15, 0.2) is 87.3 Å². The van der Waals surface area contributed by atoms with E-state index in [-0.39, 0.29) is 5.56 Å². The highest BCUT2D eigenvalue weighted by molar-refractivity contribution is 7.98. The van der Waals surface area contributed by atoms with Crippen LogP contribution in [0.4, 0.5) is 0 Å². The molecule has 2 aromatic carbocycles. The molecule has 0 fully saturated rings. The summed E-state index contributed by atoms with van der Waals surface area (Å²) in [5.41, 5.74) is 3.03. The zero-order valence-corrected chi connectivity index (χ0v) is 19.3. The number of fused-ring (bicyclic) bond motifs is 1. The summed E-state index contributed by atoms with van der Waals surface area (Å²) in [7, 11) is 0. The minimum absolute atomic E-state index is 0.0903. The van der Waals surface area contributed by atoms with Gasteiger partial charge < -0.3 is 4.42 Å². The van der Waals surface area contributed by atoms with Gasteiger partial charge in [-0.3, -0.25) is 14.3 Å². The van der Waals surface area contributed by atoms with E-state index in [1.807, 2.05) is 55.5 Å². The summed E-state index contributed by atoms with van der Waals surface area (Å²) in [6.07, 6.45) is 1.72. The SMILES string of the molecule is Cc1oc(-c2ccc(Cl)cc2)nc1CSc1nc2ccccc2c(=O)n1Cc1ccccn1. The first-order chi connectivity index (χ1) is 16.1. The number of para-hydroxylation sites is 1. The van der Waals surface area contributed by atoms with Gasteiger partial charge in [-0.25, -0.2) is 9.97 Å². The topological polar surface area (TPSA) is 73.8 Å². The van der Waals surface area contributed by atoms with Crippen molar-refractivity contribution in [1.29, 1.82) is 0 Å². The zero-order chi connectivity index (χ0) is 22.8. The lowest BCUT2D eigenvalue weighted by Gasteiger charge is -2.12. The first kappa shape index (κ1) is 21.4. The van der Waals surface area contributed by atoms with E-state index >= 15 is 0 Å². The standard InChI is InChI=1S/C25H19ClN4O2S/c1-16-22(28-23(32-16)17-9-11-18(26)12-10-17)15-33-25-29-21-8-3-2-7-20(21)24(31)30(25)14-19-6-4-5-13-27-19/h2-13H,14-15H2,1H3. The average Bonchev–Trinajstić information content (AvgIpc) is 3.21. The van der Waals surface area contributed by atoms with E-state index in [1.54, 1.807) is 29.0 Å². The van der Waals surface area contributed by atoms with E-state index in [2.05, 4.69) is 9.97 Å². The van der Waals surface area contributed by atoms with Gasteiger partial charge in [0.2, 0.25) is 5.89 Å². The van der Waals surface area contributed by atoms with Crippen molar-refractivity contribution in [3.8, 4) is 11.5 Å². The number of hydrogen-bond donors (Lipinski definition) is 0. The molecule has 5 rings (SSSR count). The van der Waals surface area contributed by atoms with E-state index in [0.717, 1.165) is 22.7 Å². The molecular weight excluding hydrogens is 456 g/mol. The summed E-state index contributed by atoms with van der Waals surface area (Å²) in [5, 5.41) is 1.85. The molecule has 164 valence electrons. The highest BCUT2D eigenvalue weighted by Gasteiger charge is 2.16. The van der Waals surface area contributed by atoms with Gasteiger partial charge in [-0.05, 0) is 55.5 Å². The van der Waals surface area contributed by atoms with Crippen LogP contribution in [0.2, 0.25) is 5.02 Å². The molecule has 0 aliphatic heterocycles. The van der Waals surface area contributed by atoms with Crippen molar-refractivity contribution < 1.29 is 4.42 Å². The Kier molecular flexibility index (Phi) is 5.98. The average molecular weight is 475 g/mol. The van der Waals surface area contributed by atoms with Crippen LogP contribution in [0, 0.1) is 6.92 Å². The number of halogens is 1. The molecule has 5 aromatic rings. The molecule has 0 N–H and O–H groups in total. The Morgan fingerprint density at radius 2 is 1.79 bits per heavy atom. The predicted molar refractivity (Wildman–Crippen MR) is 131 cm³/mol. The molecule has 8 heteroatoms. The predicted octanol–water partition coefficient (Wildman–Crippen LogP) is 5.75. The van der Waals surface area contributed by atoms with Gasteiger partial charge in [0.05, 0.1) is 28.8 Å². The van der Waals surface area contributed by atoms with E-state index in [4.69, 9.17) is 21.0 Å². The van der Waals surface area contributed by atoms with Crippen LogP contribution in [-0.4, -0.2) is 19.5 Å². The lowest BCUT2D eigenvalue weighted by atomic mass is 10.2. The number of pyridine rings is 1. The normalized spacial score (nSPS) is 11.2. The van der Waals surface area contributed by atoms with Gasteiger partial charge in [0.1, 0.15) is 5.76 Å². The van der Waals surface area contributed by atoms with Crippen molar-refractivity contribution in [3.05, 3.63) is 105 Å². The summed E-state index contributed by atoms with van der Waals surface area (Å²) >= 11 is 7.44. The molecule has 0 aliphatic carbocycles. The van der Waals surface area contributed by atoms with E-state index < -0.39 is 0 Å². The molecule has 0 unspecified atom stereocenters. The Hall–Kier alpha value is -3.42. The summed E-state index contributed by atoms with van der Waals surface area (Å²) < 4.78 is 7.55. The molecule has 0 amide bonds. The number of rotatable bonds is 6. The quantitative estimate of drug-likeness (QED) is 0.230. The minimum Gasteiger partial charge on any atom is -0.441 e. The van der Waals surface area contributed by atoms with Gasteiger partial charge in [0.15, 0.2) is 5.16 Å². The van der Waals surface area contributed by atoms with Crippen LogP contribution in [0.5, 0.6) is 0 Å². The molecule has 3 aromatic heterocycles. The summed E-state index contributed by atoms with van der Waals surface area (Å²) in [6, 6.07) is 20.4. The Morgan fingerprint density at radius 1 is 1.00 bits per heavy atom. The number of aromatic nitrogens is 4. The van der Waals surface area contributed by atoms with Crippen LogP contribution in [0.25, 0.3) is 22.4 Å². The third-order valence-corrected chi connectivity index (χ3v) is 6.43. The molecule has 0 atom stereocenters. The largest absolute Gasteiger partial charge is 0.441 e. The van der Waals surface area contributed by atoms with Crippen LogP contribution >= 0.6 is 23.4 Å². The molecule has 0 aliphatic rings. The van der Waals surface area contributed by atoms with E-state index in [9.17, 15) is 4.79 Å². The maximum absolute atomic E-state index is 13.3. The molecular formula is C25H19ClN4O2S. The highest BCUT2D eigenvalue weighted by atomic mass is 35.5. The first-order valence-corrected chi connectivity index (χ1v) is 11.7. The third kappa shape index (κ3) is 4.55. The van der Waals surface area contributed by atoms with E-state index in [0.29, 0.717) is 39.3 Å². The molecule has 33 heavy (non-hydrogen) atoms. The third-order valence-electron chi connectivity index (χ3n) is 5.19. The lowest BCUT2D eigenvalue weighted by molar-refractivity contribution is 0.540. The fourth-order valence-electron chi connectivity index (χ4n) is 3.46. The lowest BCUT2D eigenvalue weighted by Crippen LogP contribution is -2.24. The molecule has 3 heterocycles. The van der Waals surface area contributed by atoms with Gasteiger partial charge >= 0.3 is 0 Å². The number of nitrogens with zero attached hydrogens (tertiary/aromatic N) is 4. The van der Waals surface area contributed by atoms with Crippen molar-refractivity contribution >= 4 is 34.3 Å². The second-order valence-electron chi connectivity index (χ2n) is 7.44. The Morgan fingerprint density at radius 3 is 2.58 bits per heavy atom. The Bertz CT molecular complexity index is 1480. The fourth-order valence-corrected chi connectivity index (χ4v) is 4.59. The molecule has 0 bridgehead atoms. The second kappa shape index (κ2) is 9.21. The van der Waals surface area contributed by atoms with E-state index in [1.165, 1.54) is 11.8 Å². The molecule has 6 nitrogen and oxygen atoms in total. The highest BCUT2D eigenvalue weighted by Crippen LogP contribution is 2.28. The molecule has 0 saturated heterocycles. The zero-order valence-electron chi connectivity index (χ0n) is 17.7. The Labute approximate surface area is 199 Å². The van der Waals surface area contributed by atoms with Crippen molar-refractivity contribution in [2.75, 3.05) is 0 Å². The Balaban J connectivity index is 1.48. The summed E-state index contributed by atoms with van der Waals surface area (Å²) in [5.74, 6) is 1.78. The number of oxazole rings is 1. The van der Waals surface area contributed by atoms with Gasteiger partial charge in [-0.2, -0.15) is 0 Å². The van der Waals surface area contributed by atoms with Gasteiger partial charge in [-0.15, -0.1) is 0 Å². The van der Waals surface area contributed by atoms with Crippen LogP contribution < -0.4 is 5.56 Å². The first-order valence-electron chi connectivity index (χ1n) is 10.3. The van der Waals surface area contributed by atoms with Crippen molar-refractivity contribution in [2.24, 2.45) is 0 Å². The smallest absolute Gasteiger partial charge is 0.262 e. The number of benzene rings is 2. The minimum atomic E-state index is -0.0903. The number of thioether (sulfide) groups is 1. The van der Waals surface area contributed by atoms with Crippen molar-refractivity contribution in [2.45, 2.75) is 24.4 Å². The maximum atomic E-state index is 13.3. The molecule has 0 radical (unpaired) electrons. The van der Waals surface area contributed by atoms with Gasteiger partial charge in [0, 0.05) is 22.5 Å². The number of hydrogen-bond acceptors (Lipinski definition) is 6. The fraction of sp³-hybridized carbons (Fsp3) is 0.120. The van der Waals surface area contributed by atoms with Gasteiger partial charge in [-0.1, -0.05) is 41.6 Å². The second-order valence-corrected chi connectivity index (χ2v) is 8.82. The summed E-state index contributed by atoms with van der Waals surface area (Å²) in [6.45, 7) is 2.23. The van der Waals surface area contributed by atoms with Crippen molar-refractivity contribution in [3.63, 3.8) is 0 Å². The molecule has 0 spiro atoms. The van der Waals surface area contributed by atoms with Crippen LogP contribution in [-0.2, 0) is 12.3 Å². The van der Waals surface area contributed by atoms with Crippen molar-refractivity contribution in [1.82, 2.24) is 19.5 Å². The van der Waals surface area contributed by atoms with Gasteiger partial charge in [0.25, 0.3) is 5.56 Å². The monoisotopic (exact) mass is 474 g/mol. The molecule has 0 saturated carbocycles.